The Hall–Kier alpha value is -1.85. The van der Waals surface area contributed by atoms with Gasteiger partial charge in [-0.1, -0.05) is 6.92 Å². The lowest BCUT2D eigenvalue weighted by molar-refractivity contribution is -0.127. The molecule has 0 bridgehead atoms. The number of hydrogen-bond donors (Lipinski definition) is 0. The van der Waals surface area contributed by atoms with Crippen molar-refractivity contribution in [1.29, 1.82) is 0 Å². The van der Waals surface area contributed by atoms with Crippen molar-refractivity contribution < 1.29 is 9.53 Å². The molecular formula is C12H20N4O2. The second-order valence-electron chi connectivity index (χ2n) is 4.11. The predicted molar refractivity (Wildman–Crippen MR) is 69.8 cm³/mol. The summed E-state index contributed by atoms with van der Waals surface area (Å²) in [5, 5.41) is 0. The molecule has 0 saturated carbocycles. The molecule has 1 rings (SSSR count). The first-order valence-corrected chi connectivity index (χ1v) is 5.90. The number of likely N-dealkylation sites (N-methyl/N-ethyl adjacent to an activating group) is 1. The van der Waals surface area contributed by atoms with Crippen molar-refractivity contribution in [3.05, 3.63) is 12.3 Å². The summed E-state index contributed by atoms with van der Waals surface area (Å²) >= 11 is 0. The van der Waals surface area contributed by atoms with Crippen LogP contribution < -0.4 is 9.64 Å². The van der Waals surface area contributed by atoms with Gasteiger partial charge in [0, 0.05) is 32.9 Å². The van der Waals surface area contributed by atoms with Gasteiger partial charge < -0.3 is 14.5 Å². The molecule has 0 aliphatic carbocycles. The molecule has 0 saturated heterocycles. The van der Waals surface area contributed by atoms with Crippen LogP contribution in [0.15, 0.2) is 12.3 Å². The van der Waals surface area contributed by atoms with Gasteiger partial charge in [0.2, 0.25) is 17.7 Å². The number of carbonyl (C=O) groups excluding carboxylic acids is 1. The zero-order valence-corrected chi connectivity index (χ0v) is 11.4. The molecular weight excluding hydrogens is 232 g/mol. The molecule has 18 heavy (non-hydrogen) atoms. The van der Waals surface area contributed by atoms with Gasteiger partial charge in [-0.25, -0.2) is 4.98 Å². The van der Waals surface area contributed by atoms with E-state index in [1.165, 1.54) is 0 Å². The zero-order valence-electron chi connectivity index (χ0n) is 11.4. The van der Waals surface area contributed by atoms with Crippen LogP contribution >= 0.6 is 0 Å². The molecule has 0 aliphatic rings. The zero-order chi connectivity index (χ0) is 13.5. The normalized spacial score (nSPS) is 10.0. The third kappa shape index (κ3) is 3.87. The van der Waals surface area contributed by atoms with Crippen molar-refractivity contribution in [2.75, 3.05) is 39.2 Å². The van der Waals surface area contributed by atoms with E-state index in [0.29, 0.717) is 11.8 Å². The lowest BCUT2D eigenvalue weighted by Gasteiger charge is -2.23. The first kappa shape index (κ1) is 14.2. The summed E-state index contributed by atoms with van der Waals surface area (Å²) < 4.78 is 5.06. The number of ether oxygens (including phenoxy) is 1. The molecule has 1 aromatic heterocycles. The van der Waals surface area contributed by atoms with Crippen LogP contribution in [0, 0.1) is 0 Å². The summed E-state index contributed by atoms with van der Waals surface area (Å²) in [7, 11) is 5.03. The van der Waals surface area contributed by atoms with Crippen molar-refractivity contribution in [2.24, 2.45) is 0 Å². The highest BCUT2D eigenvalue weighted by Gasteiger charge is 2.15. The maximum Gasteiger partial charge on any atom is 0.241 e. The van der Waals surface area contributed by atoms with E-state index < -0.39 is 0 Å². The van der Waals surface area contributed by atoms with E-state index in [9.17, 15) is 4.79 Å². The summed E-state index contributed by atoms with van der Waals surface area (Å²) in [6.45, 7) is 3.05. The Labute approximate surface area is 108 Å². The largest absolute Gasteiger partial charge is 0.481 e. The minimum atomic E-state index is 0.0230. The molecule has 0 unspecified atom stereocenters. The van der Waals surface area contributed by atoms with Gasteiger partial charge in [-0.2, -0.15) is 4.98 Å². The maximum atomic E-state index is 11.8. The Morgan fingerprint density at radius 2 is 2.17 bits per heavy atom. The molecule has 0 spiro atoms. The van der Waals surface area contributed by atoms with Gasteiger partial charge >= 0.3 is 0 Å². The van der Waals surface area contributed by atoms with Crippen LogP contribution in [0.5, 0.6) is 5.88 Å². The second-order valence-corrected chi connectivity index (χ2v) is 4.11. The highest BCUT2D eigenvalue weighted by molar-refractivity contribution is 5.80. The van der Waals surface area contributed by atoms with E-state index in [1.54, 1.807) is 38.4 Å². The van der Waals surface area contributed by atoms with Crippen LogP contribution in [-0.2, 0) is 4.79 Å². The number of aromatic nitrogens is 2. The molecule has 100 valence electrons. The van der Waals surface area contributed by atoms with E-state index in [4.69, 9.17) is 4.74 Å². The van der Waals surface area contributed by atoms with Gasteiger partial charge in [-0.3, -0.25) is 4.79 Å². The van der Waals surface area contributed by atoms with Gasteiger partial charge in [-0.05, 0) is 6.42 Å². The smallest absolute Gasteiger partial charge is 0.241 e. The van der Waals surface area contributed by atoms with Gasteiger partial charge in [0.1, 0.15) is 0 Å². The molecule has 0 atom stereocenters. The average Bonchev–Trinajstić information content (AvgIpc) is 2.38. The Bertz CT molecular complexity index is 395. The molecule has 0 N–H and O–H groups in total. The summed E-state index contributed by atoms with van der Waals surface area (Å²) in [5.74, 6) is 1.04. The Morgan fingerprint density at radius 3 is 2.72 bits per heavy atom. The van der Waals surface area contributed by atoms with Crippen LogP contribution in [0.2, 0.25) is 0 Å². The fraction of sp³-hybridized carbons (Fsp3) is 0.583. The summed E-state index contributed by atoms with van der Waals surface area (Å²) in [6, 6.07) is 1.68. The van der Waals surface area contributed by atoms with Gasteiger partial charge in [0.15, 0.2) is 0 Å². The third-order valence-electron chi connectivity index (χ3n) is 2.43. The number of methoxy groups -OCH3 is 1. The number of amides is 1. The van der Waals surface area contributed by atoms with E-state index in [1.807, 2.05) is 11.8 Å². The highest BCUT2D eigenvalue weighted by Crippen LogP contribution is 2.12. The number of rotatable bonds is 6. The van der Waals surface area contributed by atoms with Crippen LogP contribution in [0.25, 0.3) is 0 Å². The summed E-state index contributed by atoms with van der Waals surface area (Å²) in [6.07, 6.45) is 2.55. The molecule has 6 nitrogen and oxygen atoms in total. The monoisotopic (exact) mass is 252 g/mol. The number of hydrogen-bond acceptors (Lipinski definition) is 5. The highest BCUT2D eigenvalue weighted by atomic mass is 16.5. The Kier molecular flexibility index (Phi) is 5.35. The van der Waals surface area contributed by atoms with E-state index in [0.717, 1.165) is 13.0 Å². The third-order valence-corrected chi connectivity index (χ3v) is 2.43. The van der Waals surface area contributed by atoms with Gasteiger partial charge in [0.25, 0.3) is 0 Å². The molecule has 0 fully saturated rings. The summed E-state index contributed by atoms with van der Waals surface area (Å²) in [5.41, 5.74) is 0. The van der Waals surface area contributed by atoms with Crippen LogP contribution in [0.4, 0.5) is 5.95 Å². The average molecular weight is 252 g/mol. The lowest BCUT2D eigenvalue weighted by atomic mass is 10.4. The molecule has 1 heterocycles. The van der Waals surface area contributed by atoms with Crippen molar-refractivity contribution in [2.45, 2.75) is 13.3 Å². The first-order chi connectivity index (χ1) is 8.58. The maximum absolute atomic E-state index is 11.8. The predicted octanol–water partition coefficient (Wildman–Crippen LogP) is 0.790. The number of nitrogens with zero attached hydrogens (tertiary/aromatic N) is 4. The SMILES string of the molecule is CCCN(CC(=O)N(C)C)c1nccc(OC)n1. The molecule has 6 heteroatoms. The number of anilines is 1. The van der Waals surface area contributed by atoms with Crippen molar-refractivity contribution in [1.82, 2.24) is 14.9 Å². The van der Waals surface area contributed by atoms with Crippen molar-refractivity contribution >= 4 is 11.9 Å². The van der Waals surface area contributed by atoms with Gasteiger partial charge in [0.05, 0.1) is 13.7 Å². The van der Waals surface area contributed by atoms with Crippen molar-refractivity contribution in [3.8, 4) is 5.88 Å². The Morgan fingerprint density at radius 1 is 1.44 bits per heavy atom. The van der Waals surface area contributed by atoms with Crippen LogP contribution in [0.1, 0.15) is 13.3 Å². The van der Waals surface area contributed by atoms with E-state index in [-0.39, 0.29) is 12.5 Å². The molecule has 1 aromatic rings. The van der Waals surface area contributed by atoms with Crippen LogP contribution in [0.3, 0.4) is 0 Å². The topological polar surface area (TPSA) is 58.6 Å². The standard InChI is InChI=1S/C12H20N4O2/c1-5-8-16(9-11(17)15(2)3)12-13-7-6-10(14-12)18-4/h6-7H,5,8-9H2,1-4H3. The molecule has 0 aliphatic heterocycles. The Balaban J connectivity index is 2.85. The number of carbonyl (C=O) groups is 1. The van der Waals surface area contributed by atoms with Crippen LogP contribution in [-0.4, -0.2) is 55.1 Å². The van der Waals surface area contributed by atoms with E-state index >= 15 is 0 Å². The molecule has 1 amide bonds. The fourth-order valence-corrected chi connectivity index (χ4v) is 1.42. The van der Waals surface area contributed by atoms with E-state index in [2.05, 4.69) is 9.97 Å². The minimum Gasteiger partial charge on any atom is -0.481 e. The van der Waals surface area contributed by atoms with Gasteiger partial charge in [-0.15, -0.1) is 0 Å². The molecule has 0 radical (unpaired) electrons. The summed E-state index contributed by atoms with van der Waals surface area (Å²) in [4.78, 5) is 23.6. The molecule has 0 aromatic carbocycles. The second kappa shape index (κ2) is 6.78. The lowest BCUT2D eigenvalue weighted by Crippen LogP contribution is -2.38. The quantitative estimate of drug-likeness (QED) is 0.749. The first-order valence-electron chi connectivity index (χ1n) is 5.90. The fourth-order valence-electron chi connectivity index (χ4n) is 1.42. The van der Waals surface area contributed by atoms with Crippen molar-refractivity contribution in [3.63, 3.8) is 0 Å². The minimum absolute atomic E-state index is 0.0230.